The Hall–Kier alpha value is -2.36. The molecule has 0 aliphatic rings. The third kappa shape index (κ3) is 2.37. The molecule has 0 bridgehead atoms. The lowest BCUT2D eigenvalue weighted by atomic mass is 9.97. The second-order valence-electron chi connectivity index (χ2n) is 4.72. The molecule has 4 nitrogen and oxygen atoms in total. The molecule has 1 aromatic carbocycles. The summed E-state index contributed by atoms with van der Waals surface area (Å²) in [7, 11) is 1.58. The molecule has 1 heterocycles. The van der Waals surface area contributed by atoms with E-state index < -0.39 is 0 Å². The van der Waals surface area contributed by atoms with Crippen molar-refractivity contribution in [2.75, 3.05) is 7.11 Å². The smallest absolute Gasteiger partial charge is 0.176 e. The normalized spacial score (nSPS) is 10.4. The Morgan fingerprint density at radius 3 is 2.40 bits per heavy atom. The molecule has 0 radical (unpaired) electrons. The topological polar surface area (TPSA) is 59.2 Å². The zero-order valence-electron chi connectivity index (χ0n) is 12.0. The summed E-state index contributed by atoms with van der Waals surface area (Å²) in [6, 6.07) is 7.35. The molecule has 0 fully saturated rings. The number of methoxy groups -OCH3 is 1. The van der Waals surface area contributed by atoms with Gasteiger partial charge in [-0.3, -0.25) is 9.59 Å². The number of hydrogen-bond acceptors (Lipinski definition) is 3. The van der Waals surface area contributed by atoms with Crippen LogP contribution < -0.4 is 4.74 Å². The van der Waals surface area contributed by atoms with E-state index >= 15 is 0 Å². The molecular weight excluding hydrogens is 254 g/mol. The number of aromatic nitrogens is 1. The van der Waals surface area contributed by atoms with Crippen molar-refractivity contribution in [2.45, 2.75) is 20.8 Å². The largest absolute Gasteiger partial charge is 0.497 e. The molecule has 0 amide bonds. The highest BCUT2D eigenvalue weighted by Gasteiger charge is 2.22. The van der Waals surface area contributed by atoms with Crippen LogP contribution in [0, 0.1) is 6.92 Å². The maximum absolute atomic E-state index is 11.9. The van der Waals surface area contributed by atoms with Gasteiger partial charge >= 0.3 is 0 Å². The molecule has 1 aromatic heterocycles. The molecule has 4 heteroatoms. The fourth-order valence-electron chi connectivity index (χ4n) is 2.40. The second kappa shape index (κ2) is 5.33. The first-order valence-corrected chi connectivity index (χ1v) is 6.34. The zero-order valence-corrected chi connectivity index (χ0v) is 12.0. The number of carbonyl (C=O) groups excluding carboxylic acids is 2. The molecule has 1 N–H and O–H groups in total. The van der Waals surface area contributed by atoms with Gasteiger partial charge < -0.3 is 9.72 Å². The minimum absolute atomic E-state index is 0.0657. The highest BCUT2D eigenvalue weighted by Crippen LogP contribution is 2.32. The van der Waals surface area contributed by atoms with Crippen LogP contribution in [0.25, 0.3) is 11.1 Å². The Bertz CT molecular complexity index is 683. The summed E-state index contributed by atoms with van der Waals surface area (Å²) in [4.78, 5) is 26.7. The number of carbonyl (C=O) groups is 2. The second-order valence-corrected chi connectivity index (χ2v) is 4.72. The first-order valence-electron chi connectivity index (χ1n) is 6.34. The average molecular weight is 271 g/mol. The Kier molecular flexibility index (Phi) is 3.74. The van der Waals surface area contributed by atoms with Crippen molar-refractivity contribution in [3.8, 4) is 16.9 Å². The van der Waals surface area contributed by atoms with E-state index in [0.29, 0.717) is 28.3 Å². The van der Waals surface area contributed by atoms with Gasteiger partial charge in [-0.05, 0) is 31.5 Å². The Morgan fingerprint density at radius 1 is 1.15 bits per heavy atom. The van der Waals surface area contributed by atoms with Gasteiger partial charge in [-0.25, -0.2) is 0 Å². The summed E-state index contributed by atoms with van der Waals surface area (Å²) in [5.74, 6) is 0.521. The van der Waals surface area contributed by atoms with Crippen molar-refractivity contribution in [2.24, 2.45) is 0 Å². The van der Waals surface area contributed by atoms with E-state index in [0.717, 1.165) is 5.56 Å². The lowest BCUT2D eigenvalue weighted by Gasteiger charge is -2.07. The number of benzene rings is 1. The van der Waals surface area contributed by atoms with Crippen molar-refractivity contribution < 1.29 is 14.3 Å². The number of ether oxygens (including phenoxy) is 1. The minimum atomic E-state index is -0.0987. The first-order chi connectivity index (χ1) is 9.45. The summed E-state index contributed by atoms with van der Waals surface area (Å²) in [5.41, 5.74) is 3.18. The number of Topliss-reactive ketones (excluding diaryl/α,β-unsaturated/α-hetero) is 2. The van der Waals surface area contributed by atoms with E-state index in [1.165, 1.54) is 13.8 Å². The molecule has 0 atom stereocenters. The highest BCUT2D eigenvalue weighted by atomic mass is 16.5. The van der Waals surface area contributed by atoms with Gasteiger partial charge in [-0.1, -0.05) is 12.1 Å². The predicted octanol–water partition coefficient (Wildman–Crippen LogP) is 3.40. The quantitative estimate of drug-likeness (QED) is 0.867. The standard InChI is InChI=1S/C16H17NO3/c1-9-14(10(2)18)15(16(17-9)11(3)19)12-6-5-7-13(8-12)20-4/h5-8,17H,1-4H3. The first kappa shape index (κ1) is 14.1. The molecule has 20 heavy (non-hydrogen) atoms. The van der Waals surface area contributed by atoms with Crippen LogP contribution in [0.4, 0.5) is 0 Å². The van der Waals surface area contributed by atoms with Gasteiger partial charge in [0.2, 0.25) is 0 Å². The number of hydrogen-bond donors (Lipinski definition) is 1. The van der Waals surface area contributed by atoms with E-state index in [2.05, 4.69) is 4.98 Å². The number of aryl methyl sites for hydroxylation is 1. The van der Waals surface area contributed by atoms with Crippen LogP contribution in [-0.4, -0.2) is 23.7 Å². The van der Waals surface area contributed by atoms with Gasteiger partial charge in [0.1, 0.15) is 5.75 Å². The molecule has 0 saturated carbocycles. The fourth-order valence-corrected chi connectivity index (χ4v) is 2.40. The third-order valence-electron chi connectivity index (χ3n) is 3.25. The van der Waals surface area contributed by atoms with Crippen LogP contribution >= 0.6 is 0 Å². The van der Waals surface area contributed by atoms with Crippen LogP contribution in [0.2, 0.25) is 0 Å². The molecule has 0 unspecified atom stereocenters. The van der Waals surface area contributed by atoms with Crippen LogP contribution in [0.1, 0.15) is 40.4 Å². The van der Waals surface area contributed by atoms with E-state index in [1.54, 1.807) is 14.0 Å². The van der Waals surface area contributed by atoms with Crippen molar-refractivity contribution in [1.82, 2.24) is 4.98 Å². The highest BCUT2D eigenvalue weighted by molar-refractivity contribution is 6.09. The van der Waals surface area contributed by atoms with Gasteiger partial charge in [-0.2, -0.15) is 0 Å². The fraction of sp³-hybridized carbons (Fsp3) is 0.250. The molecule has 104 valence electrons. The summed E-state index contributed by atoms with van der Waals surface area (Å²) in [6.07, 6.45) is 0. The SMILES string of the molecule is COc1cccc(-c2c(C(C)=O)[nH]c(C)c2C(C)=O)c1. The summed E-state index contributed by atoms with van der Waals surface area (Å²) in [5, 5.41) is 0. The number of aromatic amines is 1. The number of rotatable bonds is 4. The van der Waals surface area contributed by atoms with Gasteiger partial charge in [0.15, 0.2) is 11.6 Å². The zero-order chi connectivity index (χ0) is 14.9. The minimum Gasteiger partial charge on any atom is -0.497 e. The Morgan fingerprint density at radius 2 is 1.85 bits per heavy atom. The third-order valence-corrected chi connectivity index (χ3v) is 3.25. The number of nitrogens with one attached hydrogen (secondary N) is 1. The van der Waals surface area contributed by atoms with Crippen molar-refractivity contribution in [3.05, 3.63) is 41.2 Å². The molecule has 0 aliphatic heterocycles. The molecular formula is C16H17NO3. The van der Waals surface area contributed by atoms with Crippen LogP contribution in [0.3, 0.4) is 0 Å². The molecule has 0 aliphatic carbocycles. The molecule has 0 spiro atoms. The molecule has 0 saturated heterocycles. The monoisotopic (exact) mass is 271 g/mol. The maximum atomic E-state index is 11.9. The summed E-state index contributed by atoms with van der Waals surface area (Å²) >= 11 is 0. The lowest BCUT2D eigenvalue weighted by molar-refractivity contribution is 0.101. The number of ketones is 2. The van der Waals surface area contributed by atoms with E-state index in [-0.39, 0.29) is 11.6 Å². The van der Waals surface area contributed by atoms with Crippen LogP contribution in [-0.2, 0) is 0 Å². The maximum Gasteiger partial charge on any atom is 0.176 e. The van der Waals surface area contributed by atoms with E-state index in [1.807, 2.05) is 24.3 Å². The van der Waals surface area contributed by atoms with Crippen molar-refractivity contribution >= 4 is 11.6 Å². The average Bonchev–Trinajstić information content (AvgIpc) is 2.76. The van der Waals surface area contributed by atoms with Gasteiger partial charge in [0.25, 0.3) is 0 Å². The lowest BCUT2D eigenvalue weighted by Crippen LogP contribution is -1.99. The molecule has 2 rings (SSSR count). The van der Waals surface area contributed by atoms with Gasteiger partial charge in [0.05, 0.1) is 12.8 Å². The summed E-state index contributed by atoms with van der Waals surface area (Å²) in [6.45, 7) is 4.79. The Labute approximate surface area is 117 Å². The van der Waals surface area contributed by atoms with E-state index in [4.69, 9.17) is 4.74 Å². The number of H-pyrrole nitrogens is 1. The van der Waals surface area contributed by atoms with Crippen LogP contribution in [0.5, 0.6) is 5.75 Å². The van der Waals surface area contributed by atoms with Gasteiger partial charge in [0, 0.05) is 23.7 Å². The predicted molar refractivity (Wildman–Crippen MR) is 77.5 cm³/mol. The van der Waals surface area contributed by atoms with Crippen molar-refractivity contribution in [3.63, 3.8) is 0 Å². The van der Waals surface area contributed by atoms with Crippen LogP contribution in [0.15, 0.2) is 24.3 Å². The van der Waals surface area contributed by atoms with Crippen molar-refractivity contribution in [1.29, 1.82) is 0 Å². The van der Waals surface area contributed by atoms with E-state index in [9.17, 15) is 9.59 Å². The summed E-state index contributed by atoms with van der Waals surface area (Å²) < 4.78 is 5.20. The van der Waals surface area contributed by atoms with Gasteiger partial charge in [-0.15, -0.1) is 0 Å². The Balaban J connectivity index is 2.76. The molecule has 2 aromatic rings.